The number of aryl methyl sites for hydroxylation is 3. The minimum absolute atomic E-state index is 0.0852. The Balaban J connectivity index is 1.76. The van der Waals surface area contributed by atoms with Gasteiger partial charge < -0.3 is 15.4 Å². The van der Waals surface area contributed by atoms with E-state index in [1.165, 1.54) is 0 Å². The van der Waals surface area contributed by atoms with Gasteiger partial charge >= 0.3 is 0 Å². The molecule has 0 amide bonds. The monoisotopic (exact) mass is 388 g/mol. The number of carbonyl (C=O) groups excluding carboxylic acids is 1. The van der Waals surface area contributed by atoms with E-state index in [1.807, 2.05) is 50.2 Å². The molecule has 1 heterocycles. The van der Waals surface area contributed by atoms with E-state index < -0.39 is 0 Å². The van der Waals surface area contributed by atoms with E-state index in [9.17, 15) is 4.79 Å². The zero-order valence-electron chi connectivity index (χ0n) is 16.9. The van der Waals surface area contributed by atoms with Crippen molar-refractivity contribution in [3.8, 4) is 5.75 Å². The molecule has 0 saturated heterocycles. The summed E-state index contributed by atoms with van der Waals surface area (Å²) in [5.74, 6) is 1.77. The number of rotatable bonds is 5. The number of carbonyl (C=O) groups is 1. The van der Waals surface area contributed by atoms with E-state index in [4.69, 9.17) is 4.74 Å². The number of aromatic nitrogens is 2. The van der Waals surface area contributed by atoms with Gasteiger partial charge in [0.25, 0.3) is 0 Å². The van der Waals surface area contributed by atoms with E-state index in [2.05, 4.69) is 26.7 Å². The third-order valence-electron chi connectivity index (χ3n) is 4.92. The van der Waals surface area contributed by atoms with Gasteiger partial charge in [0.05, 0.1) is 24.1 Å². The molecule has 0 bridgehead atoms. The lowest BCUT2D eigenvalue weighted by molar-refractivity contribution is 0.0972. The Morgan fingerprint density at radius 1 is 0.966 bits per heavy atom. The van der Waals surface area contributed by atoms with Crippen molar-refractivity contribution in [2.75, 3.05) is 17.7 Å². The highest BCUT2D eigenvalue weighted by Crippen LogP contribution is 2.32. The lowest BCUT2D eigenvalue weighted by Crippen LogP contribution is -2.18. The number of methoxy groups -OCH3 is 1. The fourth-order valence-corrected chi connectivity index (χ4v) is 3.72. The number of nitrogens with one attached hydrogen (secondary N) is 2. The van der Waals surface area contributed by atoms with Crippen molar-refractivity contribution in [3.63, 3.8) is 0 Å². The number of nitrogens with zero attached hydrogens (tertiary/aromatic N) is 2. The third-order valence-corrected chi connectivity index (χ3v) is 4.92. The van der Waals surface area contributed by atoms with Gasteiger partial charge in [-0.3, -0.25) is 4.79 Å². The molecule has 0 atom stereocenters. The Bertz CT molecular complexity index is 1060. The summed E-state index contributed by atoms with van der Waals surface area (Å²) in [6.45, 7) is 4.10. The maximum atomic E-state index is 12.6. The number of hydrogen-bond donors (Lipinski definition) is 2. The Kier molecular flexibility index (Phi) is 5.16. The fourth-order valence-electron chi connectivity index (χ4n) is 3.72. The average molecular weight is 388 g/mol. The van der Waals surface area contributed by atoms with Crippen molar-refractivity contribution in [3.05, 3.63) is 64.8 Å². The normalized spacial score (nSPS) is 13.0. The van der Waals surface area contributed by atoms with Crippen molar-refractivity contribution in [1.82, 2.24) is 9.97 Å². The zero-order chi connectivity index (χ0) is 20.4. The molecule has 2 N–H and O–H groups in total. The maximum absolute atomic E-state index is 12.6. The Hall–Kier alpha value is -3.41. The van der Waals surface area contributed by atoms with Crippen molar-refractivity contribution in [2.24, 2.45) is 0 Å². The number of Topliss-reactive ketones (excluding diaryl/α,β-unsaturated/α-hetero) is 1. The second-order valence-corrected chi connectivity index (χ2v) is 7.32. The largest absolute Gasteiger partial charge is 0.495 e. The van der Waals surface area contributed by atoms with Crippen LogP contribution in [0.2, 0.25) is 0 Å². The molecule has 0 aliphatic heterocycles. The van der Waals surface area contributed by atoms with Gasteiger partial charge in [-0.2, -0.15) is 4.98 Å². The van der Waals surface area contributed by atoms with Crippen LogP contribution in [0.1, 0.15) is 40.0 Å². The second-order valence-electron chi connectivity index (χ2n) is 7.32. The van der Waals surface area contributed by atoms with E-state index in [0.29, 0.717) is 29.5 Å². The van der Waals surface area contributed by atoms with Crippen molar-refractivity contribution in [2.45, 2.75) is 33.1 Å². The predicted octanol–water partition coefficient (Wildman–Crippen LogP) is 5.11. The summed E-state index contributed by atoms with van der Waals surface area (Å²) >= 11 is 0. The first kappa shape index (κ1) is 18.9. The minimum Gasteiger partial charge on any atom is -0.495 e. The van der Waals surface area contributed by atoms with Gasteiger partial charge in [-0.25, -0.2) is 4.98 Å². The van der Waals surface area contributed by atoms with Crippen LogP contribution in [0.4, 0.5) is 23.1 Å². The van der Waals surface area contributed by atoms with Crippen LogP contribution in [0.25, 0.3) is 0 Å². The molecule has 6 nitrogen and oxygen atoms in total. The summed E-state index contributed by atoms with van der Waals surface area (Å²) in [5.41, 5.74) is 5.35. The highest BCUT2D eigenvalue weighted by molar-refractivity contribution is 6.03. The lowest BCUT2D eigenvalue weighted by atomic mass is 9.95. The molecule has 6 heteroatoms. The quantitative estimate of drug-likeness (QED) is 0.633. The molecule has 0 spiro atoms. The summed E-state index contributed by atoms with van der Waals surface area (Å²) < 4.78 is 5.41. The number of hydrogen-bond acceptors (Lipinski definition) is 6. The molecular formula is C23H24N4O2. The summed E-state index contributed by atoms with van der Waals surface area (Å²) in [4.78, 5) is 21.9. The molecule has 29 heavy (non-hydrogen) atoms. The van der Waals surface area contributed by atoms with Gasteiger partial charge in [0.2, 0.25) is 5.95 Å². The van der Waals surface area contributed by atoms with Gasteiger partial charge in [0.1, 0.15) is 11.6 Å². The molecule has 1 aliphatic rings. The highest BCUT2D eigenvalue weighted by atomic mass is 16.5. The van der Waals surface area contributed by atoms with Gasteiger partial charge in [-0.05, 0) is 62.1 Å². The van der Waals surface area contributed by atoms with E-state index in [0.717, 1.165) is 41.0 Å². The molecule has 0 saturated carbocycles. The van der Waals surface area contributed by atoms with Crippen LogP contribution >= 0.6 is 0 Å². The average Bonchev–Trinajstić information content (AvgIpc) is 2.67. The number of ketones is 1. The van der Waals surface area contributed by atoms with Gasteiger partial charge in [0.15, 0.2) is 5.78 Å². The molecular weight excluding hydrogens is 364 g/mol. The van der Waals surface area contributed by atoms with Crippen LogP contribution in [0, 0.1) is 13.8 Å². The van der Waals surface area contributed by atoms with Crippen LogP contribution in [0.3, 0.4) is 0 Å². The number of benzene rings is 2. The maximum Gasteiger partial charge on any atom is 0.229 e. The zero-order valence-corrected chi connectivity index (χ0v) is 16.9. The van der Waals surface area contributed by atoms with Crippen molar-refractivity contribution >= 4 is 28.9 Å². The summed E-state index contributed by atoms with van der Waals surface area (Å²) in [6.07, 6.45) is 2.09. The first-order valence-corrected chi connectivity index (χ1v) is 9.73. The summed E-state index contributed by atoms with van der Waals surface area (Å²) in [7, 11) is 1.62. The number of fused-ring (bicyclic) bond motifs is 1. The standard InChI is InChI=1S/C23H24N4O2/c1-14-11-15(2)13-16(12-14)24-22-21-18(8-6-9-19(21)28)26-23(27-22)25-17-7-4-5-10-20(17)29-3/h4-5,7,10-13H,6,8-9H2,1-3H3,(H2,24,25,26,27). The lowest BCUT2D eigenvalue weighted by Gasteiger charge is -2.20. The predicted molar refractivity (Wildman–Crippen MR) is 115 cm³/mol. The summed E-state index contributed by atoms with van der Waals surface area (Å²) in [5, 5.41) is 6.59. The smallest absolute Gasteiger partial charge is 0.229 e. The molecule has 0 radical (unpaired) electrons. The molecule has 148 valence electrons. The molecule has 0 unspecified atom stereocenters. The van der Waals surface area contributed by atoms with Crippen LogP contribution in [0.15, 0.2) is 42.5 Å². The molecule has 2 aromatic carbocycles. The Morgan fingerprint density at radius 2 is 1.72 bits per heavy atom. The topological polar surface area (TPSA) is 76.1 Å². The van der Waals surface area contributed by atoms with Crippen molar-refractivity contribution < 1.29 is 9.53 Å². The van der Waals surface area contributed by atoms with Gasteiger partial charge in [0, 0.05) is 12.1 Å². The molecule has 3 aromatic rings. The second kappa shape index (κ2) is 7.91. The van der Waals surface area contributed by atoms with Crippen molar-refractivity contribution in [1.29, 1.82) is 0 Å². The Labute approximate surface area is 170 Å². The first-order valence-electron chi connectivity index (χ1n) is 9.73. The number of para-hydroxylation sites is 2. The highest BCUT2D eigenvalue weighted by Gasteiger charge is 2.25. The van der Waals surface area contributed by atoms with E-state index in [1.54, 1.807) is 7.11 Å². The fraction of sp³-hybridized carbons (Fsp3) is 0.261. The molecule has 1 aromatic heterocycles. The van der Waals surface area contributed by atoms with Gasteiger partial charge in [-0.1, -0.05) is 18.2 Å². The minimum atomic E-state index is 0.0852. The van der Waals surface area contributed by atoms with Crippen LogP contribution in [-0.4, -0.2) is 22.9 Å². The Morgan fingerprint density at radius 3 is 2.48 bits per heavy atom. The SMILES string of the molecule is COc1ccccc1Nc1nc2c(c(Nc3cc(C)cc(C)c3)n1)C(=O)CCC2. The van der Waals surface area contributed by atoms with E-state index >= 15 is 0 Å². The van der Waals surface area contributed by atoms with E-state index in [-0.39, 0.29) is 5.78 Å². The molecule has 4 rings (SSSR count). The number of ether oxygens (including phenoxy) is 1. The first-order chi connectivity index (χ1) is 14.0. The third kappa shape index (κ3) is 4.06. The van der Waals surface area contributed by atoms with Gasteiger partial charge in [-0.15, -0.1) is 0 Å². The molecule has 0 fully saturated rings. The van der Waals surface area contributed by atoms with Crippen LogP contribution in [-0.2, 0) is 6.42 Å². The van der Waals surface area contributed by atoms with Crippen LogP contribution < -0.4 is 15.4 Å². The van der Waals surface area contributed by atoms with Crippen LogP contribution in [0.5, 0.6) is 5.75 Å². The summed E-state index contributed by atoms with van der Waals surface area (Å²) in [6, 6.07) is 13.8. The number of anilines is 4. The molecule has 1 aliphatic carbocycles.